The highest BCUT2D eigenvalue weighted by atomic mass is 16.5. The Kier molecular flexibility index (Phi) is 5.49. The molecular formula is C12H25NO. The summed E-state index contributed by atoms with van der Waals surface area (Å²) in [6, 6.07) is 0.678. The normalized spacial score (nSPS) is 20.8. The van der Waals surface area contributed by atoms with Crippen molar-refractivity contribution in [3.05, 3.63) is 0 Å². The second-order valence-electron chi connectivity index (χ2n) is 4.41. The first-order valence-corrected chi connectivity index (χ1v) is 6.05. The molecule has 0 aromatic heterocycles. The molecule has 2 unspecified atom stereocenters. The van der Waals surface area contributed by atoms with E-state index in [4.69, 9.17) is 4.74 Å². The fourth-order valence-electron chi connectivity index (χ4n) is 2.34. The van der Waals surface area contributed by atoms with Gasteiger partial charge >= 0.3 is 0 Å². The van der Waals surface area contributed by atoms with Gasteiger partial charge < -0.3 is 10.1 Å². The van der Waals surface area contributed by atoms with E-state index in [0.29, 0.717) is 6.04 Å². The van der Waals surface area contributed by atoms with Crippen molar-refractivity contribution in [3.63, 3.8) is 0 Å². The summed E-state index contributed by atoms with van der Waals surface area (Å²) in [4.78, 5) is 0. The second kappa shape index (κ2) is 6.41. The number of hydrogen-bond donors (Lipinski definition) is 1. The van der Waals surface area contributed by atoms with Crippen molar-refractivity contribution < 1.29 is 4.74 Å². The zero-order chi connectivity index (χ0) is 10.4. The lowest BCUT2D eigenvalue weighted by molar-refractivity contribution is 0.116. The molecule has 0 spiro atoms. The van der Waals surface area contributed by atoms with E-state index in [1.807, 2.05) is 7.11 Å². The zero-order valence-corrected chi connectivity index (χ0v) is 9.88. The Balaban J connectivity index is 2.41. The van der Waals surface area contributed by atoms with Gasteiger partial charge in [0.05, 0.1) is 6.61 Å². The summed E-state index contributed by atoms with van der Waals surface area (Å²) in [7, 11) is 1.82. The van der Waals surface area contributed by atoms with Crippen LogP contribution in [0.5, 0.6) is 0 Å². The standard InChI is InChI=1S/C12H25NO/c1-4-6-12(13-5-2)11(9-14-3)10-7-8-10/h10-13H,4-9H2,1-3H3. The summed E-state index contributed by atoms with van der Waals surface area (Å²) in [5, 5.41) is 3.61. The van der Waals surface area contributed by atoms with E-state index >= 15 is 0 Å². The molecule has 1 fully saturated rings. The fourth-order valence-corrected chi connectivity index (χ4v) is 2.34. The molecule has 1 aliphatic rings. The van der Waals surface area contributed by atoms with Crippen molar-refractivity contribution in [1.82, 2.24) is 5.32 Å². The third-order valence-electron chi connectivity index (χ3n) is 3.17. The highest BCUT2D eigenvalue weighted by Crippen LogP contribution is 2.39. The number of rotatable bonds is 8. The predicted octanol–water partition coefficient (Wildman–Crippen LogP) is 2.44. The molecule has 14 heavy (non-hydrogen) atoms. The van der Waals surface area contributed by atoms with E-state index in [-0.39, 0.29) is 0 Å². The molecule has 2 nitrogen and oxygen atoms in total. The largest absolute Gasteiger partial charge is 0.384 e. The van der Waals surface area contributed by atoms with Crippen LogP contribution in [0.3, 0.4) is 0 Å². The molecular weight excluding hydrogens is 174 g/mol. The van der Waals surface area contributed by atoms with Gasteiger partial charge in [0, 0.05) is 19.1 Å². The molecule has 0 aliphatic heterocycles. The minimum Gasteiger partial charge on any atom is -0.384 e. The van der Waals surface area contributed by atoms with E-state index in [1.165, 1.54) is 25.7 Å². The molecule has 1 saturated carbocycles. The molecule has 0 amide bonds. The van der Waals surface area contributed by atoms with Crippen LogP contribution in [0.25, 0.3) is 0 Å². The van der Waals surface area contributed by atoms with Crippen molar-refractivity contribution in [2.45, 2.75) is 45.6 Å². The van der Waals surface area contributed by atoms with Crippen LogP contribution < -0.4 is 5.32 Å². The van der Waals surface area contributed by atoms with E-state index in [2.05, 4.69) is 19.2 Å². The van der Waals surface area contributed by atoms with Crippen LogP contribution in [0, 0.1) is 11.8 Å². The van der Waals surface area contributed by atoms with Crippen molar-refractivity contribution in [3.8, 4) is 0 Å². The number of ether oxygens (including phenoxy) is 1. The van der Waals surface area contributed by atoms with Gasteiger partial charge in [0.1, 0.15) is 0 Å². The molecule has 0 bridgehead atoms. The number of hydrogen-bond acceptors (Lipinski definition) is 2. The monoisotopic (exact) mass is 199 g/mol. The van der Waals surface area contributed by atoms with Gasteiger partial charge in [-0.25, -0.2) is 0 Å². The predicted molar refractivity (Wildman–Crippen MR) is 60.5 cm³/mol. The maximum atomic E-state index is 5.34. The molecule has 0 aromatic carbocycles. The van der Waals surface area contributed by atoms with Crippen LogP contribution in [0.4, 0.5) is 0 Å². The molecule has 2 atom stereocenters. The first-order valence-electron chi connectivity index (χ1n) is 6.05. The van der Waals surface area contributed by atoms with Crippen LogP contribution in [-0.2, 0) is 4.74 Å². The Morgan fingerprint density at radius 3 is 2.50 bits per heavy atom. The molecule has 2 heteroatoms. The van der Waals surface area contributed by atoms with Gasteiger partial charge in [0.15, 0.2) is 0 Å². The molecule has 1 rings (SSSR count). The van der Waals surface area contributed by atoms with Gasteiger partial charge in [-0.1, -0.05) is 20.3 Å². The maximum Gasteiger partial charge on any atom is 0.0508 e. The average Bonchev–Trinajstić information content (AvgIpc) is 2.97. The number of nitrogens with one attached hydrogen (secondary N) is 1. The minimum absolute atomic E-state index is 0.678. The molecule has 0 heterocycles. The van der Waals surface area contributed by atoms with Crippen molar-refractivity contribution in [2.75, 3.05) is 20.3 Å². The topological polar surface area (TPSA) is 21.3 Å². The van der Waals surface area contributed by atoms with Crippen molar-refractivity contribution in [2.24, 2.45) is 11.8 Å². The summed E-state index contributed by atoms with van der Waals surface area (Å²) < 4.78 is 5.34. The Hall–Kier alpha value is -0.0800. The summed E-state index contributed by atoms with van der Waals surface area (Å²) in [5.41, 5.74) is 0. The van der Waals surface area contributed by atoms with Gasteiger partial charge in [0.2, 0.25) is 0 Å². The van der Waals surface area contributed by atoms with Crippen LogP contribution in [0.2, 0.25) is 0 Å². The third kappa shape index (κ3) is 3.58. The Morgan fingerprint density at radius 1 is 1.36 bits per heavy atom. The lowest BCUT2D eigenvalue weighted by Crippen LogP contribution is -2.39. The van der Waals surface area contributed by atoms with Gasteiger partial charge in [-0.05, 0) is 31.7 Å². The lowest BCUT2D eigenvalue weighted by atomic mass is 9.92. The summed E-state index contributed by atoms with van der Waals surface area (Å²) in [6.07, 6.45) is 5.39. The lowest BCUT2D eigenvalue weighted by Gasteiger charge is -2.27. The maximum absolute atomic E-state index is 5.34. The Bertz CT molecular complexity index is 139. The first-order chi connectivity index (χ1) is 6.83. The zero-order valence-electron chi connectivity index (χ0n) is 9.88. The fraction of sp³-hybridized carbons (Fsp3) is 1.00. The first kappa shape index (κ1) is 12.0. The molecule has 1 N–H and O–H groups in total. The second-order valence-corrected chi connectivity index (χ2v) is 4.41. The quantitative estimate of drug-likeness (QED) is 0.648. The minimum atomic E-state index is 0.678. The highest BCUT2D eigenvalue weighted by Gasteiger charge is 2.35. The van der Waals surface area contributed by atoms with E-state index in [1.54, 1.807) is 0 Å². The van der Waals surface area contributed by atoms with Gasteiger partial charge in [-0.2, -0.15) is 0 Å². The molecule has 0 aromatic rings. The SMILES string of the molecule is CCCC(NCC)C(COC)C1CC1. The van der Waals surface area contributed by atoms with Gasteiger partial charge in [-0.15, -0.1) is 0 Å². The Morgan fingerprint density at radius 2 is 2.07 bits per heavy atom. The summed E-state index contributed by atoms with van der Waals surface area (Å²) in [6.45, 7) is 6.47. The van der Waals surface area contributed by atoms with E-state index in [0.717, 1.165) is 25.0 Å². The molecule has 1 aliphatic carbocycles. The van der Waals surface area contributed by atoms with Crippen LogP contribution in [-0.4, -0.2) is 26.3 Å². The smallest absolute Gasteiger partial charge is 0.0508 e. The van der Waals surface area contributed by atoms with Crippen LogP contribution in [0.1, 0.15) is 39.5 Å². The van der Waals surface area contributed by atoms with Crippen LogP contribution >= 0.6 is 0 Å². The van der Waals surface area contributed by atoms with Crippen molar-refractivity contribution in [1.29, 1.82) is 0 Å². The van der Waals surface area contributed by atoms with Gasteiger partial charge in [0.25, 0.3) is 0 Å². The molecule has 0 saturated heterocycles. The third-order valence-corrected chi connectivity index (χ3v) is 3.17. The van der Waals surface area contributed by atoms with Crippen molar-refractivity contribution >= 4 is 0 Å². The highest BCUT2D eigenvalue weighted by molar-refractivity contribution is 4.88. The van der Waals surface area contributed by atoms with Crippen LogP contribution in [0.15, 0.2) is 0 Å². The van der Waals surface area contributed by atoms with E-state index in [9.17, 15) is 0 Å². The average molecular weight is 199 g/mol. The molecule has 0 radical (unpaired) electrons. The molecule has 84 valence electrons. The van der Waals surface area contributed by atoms with Gasteiger partial charge in [-0.3, -0.25) is 0 Å². The summed E-state index contributed by atoms with van der Waals surface area (Å²) >= 11 is 0. The number of methoxy groups -OCH3 is 1. The Labute approximate surface area is 88.4 Å². The van der Waals surface area contributed by atoms with E-state index < -0.39 is 0 Å². The summed E-state index contributed by atoms with van der Waals surface area (Å²) in [5.74, 6) is 1.69.